The Morgan fingerprint density at radius 2 is 2.30 bits per heavy atom. The van der Waals surface area contributed by atoms with Crippen molar-refractivity contribution in [2.24, 2.45) is 5.92 Å². The molecule has 7 nitrogen and oxygen atoms in total. The van der Waals surface area contributed by atoms with E-state index >= 15 is 0 Å². The molecule has 1 aliphatic rings. The summed E-state index contributed by atoms with van der Waals surface area (Å²) in [5.41, 5.74) is 0. The van der Waals surface area contributed by atoms with Crippen molar-refractivity contribution < 1.29 is 14.3 Å². The average molecular weight is 322 g/mol. The molecule has 1 fully saturated rings. The van der Waals surface area contributed by atoms with Crippen LogP contribution in [0.3, 0.4) is 0 Å². The summed E-state index contributed by atoms with van der Waals surface area (Å²) >= 11 is 0. The molecule has 128 valence electrons. The first-order valence-electron chi connectivity index (χ1n) is 8.18. The lowest BCUT2D eigenvalue weighted by molar-refractivity contribution is -0.143. The first kappa shape index (κ1) is 17.5. The zero-order chi connectivity index (χ0) is 16.7. The predicted octanol–water partition coefficient (Wildman–Crippen LogP) is 0.617. The van der Waals surface area contributed by atoms with Crippen LogP contribution >= 0.6 is 0 Å². The van der Waals surface area contributed by atoms with E-state index in [-0.39, 0.29) is 17.7 Å². The van der Waals surface area contributed by atoms with Crippen LogP contribution in [0.4, 0.5) is 0 Å². The van der Waals surface area contributed by atoms with Gasteiger partial charge in [0.2, 0.25) is 11.8 Å². The summed E-state index contributed by atoms with van der Waals surface area (Å²) in [5, 5.41) is 4.16. The molecular formula is C16H26N4O3. The monoisotopic (exact) mass is 322 g/mol. The third-order valence-electron chi connectivity index (χ3n) is 4.27. The van der Waals surface area contributed by atoms with Gasteiger partial charge in [0.25, 0.3) is 0 Å². The summed E-state index contributed by atoms with van der Waals surface area (Å²) in [5.74, 6) is 0.141. The standard InChI is InChI=1S/C16H26N4O3/c1-3-18(9-10-20-8-4-7-17-20)16(22)14-5-6-15(21)19(13-14)11-12-23-2/h4,7-8,14H,3,5-6,9-13H2,1-2H3. The second-order valence-corrected chi connectivity index (χ2v) is 5.76. The Balaban J connectivity index is 1.89. The van der Waals surface area contributed by atoms with E-state index in [0.717, 1.165) is 0 Å². The Bertz CT molecular complexity index is 503. The van der Waals surface area contributed by atoms with Crippen molar-refractivity contribution in [3.05, 3.63) is 18.5 Å². The van der Waals surface area contributed by atoms with Gasteiger partial charge < -0.3 is 14.5 Å². The number of piperidine rings is 1. The van der Waals surface area contributed by atoms with E-state index in [1.54, 1.807) is 18.2 Å². The molecule has 0 aliphatic carbocycles. The zero-order valence-corrected chi connectivity index (χ0v) is 14.0. The van der Waals surface area contributed by atoms with Crippen LogP contribution in [0.1, 0.15) is 19.8 Å². The van der Waals surface area contributed by atoms with Crippen molar-refractivity contribution in [2.75, 3.05) is 39.9 Å². The Morgan fingerprint density at radius 1 is 1.48 bits per heavy atom. The van der Waals surface area contributed by atoms with Gasteiger partial charge in [0, 0.05) is 52.1 Å². The molecule has 1 saturated heterocycles. The van der Waals surface area contributed by atoms with Gasteiger partial charge in [-0.2, -0.15) is 5.10 Å². The number of hydrogen-bond acceptors (Lipinski definition) is 4. The average Bonchev–Trinajstić information content (AvgIpc) is 3.08. The Morgan fingerprint density at radius 3 is 2.96 bits per heavy atom. The second kappa shape index (κ2) is 8.67. The van der Waals surface area contributed by atoms with Crippen molar-refractivity contribution in [1.82, 2.24) is 19.6 Å². The summed E-state index contributed by atoms with van der Waals surface area (Å²) in [7, 11) is 1.62. The number of carbonyl (C=O) groups excluding carboxylic acids is 2. The molecule has 2 rings (SSSR count). The maximum atomic E-state index is 12.7. The van der Waals surface area contributed by atoms with Crippen molar-refractivity contribution in [1.29, 1.82) is 0 Å². The molecule has 1 unspecified atom stereocenters. The summed E-state index contributed by atoms with van der Waals surface area (Å²) < 4.78 is 6.86. The minimum absolute atomic E-state index is 0.109. The van der Waals surface area contributed by atoms with Gasteiger partial charge in [0.05, 0.1) is 19.1 Å². The molecule has 1 aliphatic heterocycles. The van der Waals surface area contributed by atoms with Gasteiger partial charge in [-0.15, -0.1) is 0 Å². The molecular weight excluding hydrogens is 296 g/mol. The molecule has 0 saturated carbocycles. The molecule has 2 heterocycles. The lowest BCUT2D eigenvalue weighted by atomic mass is 9.96. The summed E-state index contributed by atoms with van der Waals surface area (Å²) in [6, 6.07) is 1.87. The van der Waals surface area contributed by atoms with Crippen LogP contribution < -0.4 is 0 Å². The van der Waals surface area contributed by atoms with Gasteiger partial charge in [-0.3, -0.25) is 14.3 Å². The van der Waals surface area contributed by atoms with E-state index in [0.29, 0.717) is 52.2 Å². The second-order valence-electron chi connectivity index (χ2n) is 5.76. The normalized spacial score (nSPS) is 18.3. The Labute approximate surface area is 137 Å². The number of likely N-dealkylation sites (N-methyl/N-ethyl adjacent to an activating group) is 1. The molecule has 23 heavy (non-hydrogen) atoms. The molecule has 0 spiro atoms. The number of carbonyl (C=O) groups is 2. The highest BCUT2D eigenvalue weighted by atomic mass is 16.5. The highest BCUT2D eigenvalue weighted by molar-refractivity contribution is 5.83. The molecule has 0 N–H and O–H groups in total. The van der Waals surface area contributed by atoms with Gasteiger partial charge in [-0.25, -0.2) is 0 Å². The van der Waals surface area contributed by atoms with Crippen molar-refractivity contribution in [2.45, 2.75) is 26.3 Å². The van der Waals surface area contributed by atoms with Crippen LogP contribution in [0.2, 0.25) is 0 Å². The summed E-state index contributed by atoms with van der Waals surface area (Å²) in [4.78, 5) is 28.3. The maximum absolute atomic E-state index is 12.7. The highest BCUT2D eigenvalue weighted by Gasteiger charge is 2.32. The number of hydrogen-bond donors (Lipinski definition) is 0. The SMILES string of the molecule is CCN(CCn1cccn1)C(=O)C1CCC(=O)N(CCOC)C1. The topological polar surface area (TPSA) is 67.7 Å². The molecule has 0 radical (unpaired) electrons. The minimum atomic E-state index is -0.109. The van der Waals surface area contributed by atoms with Crippen molar-refractivity contribution >= 4 is 11.8 Å². The lowest BCUT2D eigenvalue weighted by Gasteiger charge is -2.34. The highest BCUT2D eigenvalue weighted by Crippen LogP contribution is 2.20. The minimum Gasteiger partial charge on any atom is -0.383 e. The Hall–Kier alpha value is -1.89. The van der Waals surface area contributed by atoms with E-state index in [1.165, 1.54) is 0 Å². The van der Waals surface area contributed by atoms with Crippen molar-refractivity contribution in [3.63, 3.8) is 0 Å². The fourth-order valence-corrected chi connectivity index (χ4v) is 2.87. The van der Waals surface area contributed by atoms with E-state index in [4.69, 9.17) is 4.74 Å². The van der Waals surface area contributed by atoms with Crippen LogP contribution in [-0.4, -0.2) is 71.3 Å². The number of nitrogens with zero attached hydrogens (tertiary/aromatic N) is 4. The first-order chi connectivity index (χ1) is 11.2. The van der Waals surface area contributed by atoms with Crippen LogP contribution in [0.25, 0.3) is 0 Å². The molecule has 1 aromatic heterocycles. The molecule has 1 atom stereocenters. The van der Waals surface area contributed by atoms with Crippen LogP contribution in [-0.2, 0) is 20.9 Å². The number of methoxy groups -OCH3 is 1. The smallest absolute Gasteiger partial charge is 0.227 e. The molecule has 2 amide bonds. The third-order valence-corrected chi connectivity index (χ3v) is 4.27. The number of amides is 2. The molecule has 0 aromatic carbocycles. The molecule has 0 bridgehead atoms. The quantitative estimate of drug-likeness (QED) is 0.703. The van der Waals surface area contributed by atoms with E-state index < -0.39 is 0 Å². The van der Waals surface area contributed by atoms with Crippen LogP contribution in [0.5, 0.6) is 0 Å². The number of ether oxygens (including phenoxy) is 1. The van der Waals surface area contributed by atoms with Crippen LogP contribution in [0, 0.1) is 5.92 Å². The largest absolute Gasteiger partial charge is 0.383 e. The van der Waals surface area contributed by atoms with Crippen molar-refractivity contribution in [3.8, 4) is 0 Å². The van der Waals surface area contributed by atoms with E-state index in [1.807, 2.05) is 28.8 Å². The predicted molar refractivity (Wildman–Crippen MR) is 85.7 cm³/mol. The fraction of sp³-hybridized carbons (Fsp3) is 0.688. The van der Waals surface area contributed by atoms with Gasteiger partial charge in [0.1, 0.15) is 0 Å². The van der Waals surface area contributed by atoms with E-state index in [2.05, 4.69) is 5.10 Å². The van der Waals surface area contributed by atoms with Crippen LogP contribution in [0.15, 0.2) is 18.5 Å². The maximum Gasteiger partial charge on any atom is 0.227 e. The number of rotatable bonds is 8. The van der Waals surface area contributed by atoms with Gasteiger partial charge in [-0.05, 0) is 19.4 Å². The third kappa shape index (κ3) is 4.79. The van der Waals surface area contributed by atoms with E-state index in [9.17, 15) is 9.59 Å². The van der Waals surface area contributed by atoms with Gasteiger partial charge in [0.15, 0.2) is 0 Å². The summed E-state index contributed by atoms with van der Waals surface area (Å²) in [6.07, 6.45) is 4.71. The first-order valence-corrected chi connectivity index (χ1v) is 8.18. The van der Waals surface area contributed by atoms with Gasteiger partial charge in [-0.1, -0.05) is 0 Å². The van der Waals surface area contributed by atoms with Gasteiger partial charge >= 0.3 is 0 Å². The number of likely N-dealkylation sites (tertiary alicyclic amines) is 1. The Kier molecular flexibility index (Phi) is 6.58. The number of aromatic nitrogens is 2. The summed E-state index contributed by atoms with van der Waals surface area (Å²) in [6.45, 7) is 5.53. The zero-order valence-electron chi connectivity index (χ0n) is 14.0. The molecule has 7 heteroatoms. The molecule has 1 aromatic rings. The lowest BCUT2D eigenvalue weighted by Crippen LogP contribution is -2.48. The fourth-order valence-electron chi connectivity index (χ4n) is 2.87.